The summed E-state index contributed by atoms with van der Waals surface area (Å²) in [5, 5.41) is 3.62. The third kappa shape index (κ3) is 2.72. The van der Waals surface area contributed by atoms with Gasteiger partial charge in [-0.25, -0.2) is 0 Å². The molecule has 2 atom stereocenters. The van der Waals surface area contributed by atoms with Crippen molar-refractivity contribution >= 4 is 5.69 Å². The standard InChI is InChI=1S/C13H20N2/c1-11-10-15(2)9-8-13(11)14-12-6-4-3-5-7-12/h3-7,11,13-14H,8-10H2,1-2H3/t11-,13+/m0/s1. The average Bonchev–Trinajstić information content (AvgIpc) is 2.24. The van der Waals surface area contributed by atoms with Gasteiger partial charge in [-0.2, -0.15) is 0 Å². The largest absolute Gasteiger partial charge is 0.382 e. The molecule has 0 saturated carbocycles. The molecule has 15 heavy (non-hydrogen) atoms. The Bertz CT molecular complexity index is 297. The molecule has 0 radical (unpaired) electrons. The molecule has 2 heteroatoms. The summed E-state index contributed by atoms with van der Waals surface area (Å²) in [6.07, 6.45) is 1.24. The van der Waals surface area contributed by atoms with Crippen molar-refractivity contribution in [1.29, 1.82) is 0 Å². The van der Waals surface area contributed by atoms with E-state index in [1.54, 1.807) is 0 Å². The van der Waals surface area contributed by atoms with Crippen molar-refractivity contribution < 1.29 is 0 Å². The number of piperidine rings is 1. The molecule has 1 aromatic carbocycles. The lowest BCUT2D eigenvalue weighted by atomic mass is 9.94. The number of rotatable bonds is 2. The number of nitrogens with zero attached hydrogens (tertiary/aromatic N) is 1. The molecule has 1 saturated heterocycles. The molecule has 2 nitrogen and oxygen atoms in total. The number of hydrogen-bond acceptors (Lipinski definition) is 2. The van der Waals surface area contributed by atoms with Crippen molar-refractivity contribution in [2.24, 2.45) is 5.92 Å². The fourth-order valence-corrected chi connectivity index (χ4v) is 2.32. The Morgan fingerprint density at radius 1 is 1.27 bits per heavy atom. The third-order valence-electron chi connectivity index (χ3n) is 3.23. The number of nitrogens with one attached hydrogen (secondary N) is 1. The Labute approximate surface area is 92.3 Å². The normalized spacial score (nSPS) is 27.6. The molecule has 0 amide bonds. The molecule has 1 aliphatic heterocycles. The van der Waals surface area contributed by atoms with E-state index in [4.69, 9.17) is 0 Å². The quantitative estimate of drug-likeness (QED) is 0.796. The van der Waals surface area contributed by atoms with Crippen molar-refractivity contribution in [3.63, 3.8) is 0 Å². The van der Waals surface area contributed by atoms with E-state index < -0.39 is 0 Å². The molecule has 0 bridgehead atoms. The highest BCUT2D eigenvalue weighted by Gasteiger charge is 2.23. The first kappa shape index (κ1) is 10.5. The maximum Gasteiger partial charge on any atom is 0.0342 e. The Morgan fingerprint density at radius 2 is 2.00 bits per heavy atom. The second-order valence-electron chi connectivity index (χ2n) is 4.65. The monoisotopic (exact) mass is 204 g/mol. The fraction of sp³-hybridized carbons (Fsp3) is 0.538. The Kier molecular flexibility index (Phi) is 3.27. The van der Waals surface area contributed by atoms with E-state index in [9.17, 15) is 0 Å². The highest BCUT2D eigenvalue weighted by molar-refractivity contribution is 5.43. The van der Waals surface area contributed by atoms with Crippen molar-refractivity contribution in [3.05, 3.63) is 30.3 Å². The predicted molar refractivity (Wildman–Crippen MR) is 65.1 cm³/mol. The van der Waals surface area contributed by atoms with Gasteiger partial charge in [0.05, 0.1) is 0 Å². The SMILES string of the molecule is C[C@H]1CN(C)CC[C@H]1Nc1ccccc1. The summed E-state index contributed by atoms with van der Waals surface area (Å²) >= 11 is 0. The van der Waals surface area contributed by atoms with Gasteiger partial charge >= 0.3 is 0 Å². The van der Waals surface area contributed by atoms with E-state index >= 15 is 0 Å². The molecule has 1 N–H and O–H groups in total. The summed E-state index contributed by atoms with van der Waals surface area (Å²) in [5.41, 5.74) is 1.25. The average molecular weight is 204 g/mol. The van der Waals surface area contributed by atoms with Crippen LogP contribution in [0.15, 0.2) is 30.3 Å². The van der Waals surface area contributed by atoms with Gasteiger partial charge in [0.15, 0.2) is 0 Å². The van der Waals surface area contributed by atoms with E-state index in [0.717, 1.165) is 5.92 Å². The van der Waals surface area contributed by atoms with E-state index in [0.29, 0.717) is 6.04 Å². The van der Waals surface area contributed by atoms with Crippen LogP contribution in [0.5, 0.6) is 0 Å². The summed E-state index contributed by atoms with van der Waals surface area (Å²) < 4.78 is 0. The zero-order valence-corrected chi connectivity index (χ0v) is 9.61. The summed E-state index contributed by atoms with van der Waals surface area (Å²) in [6.45, 7) is 4.73. The Morgan fingerprint density at radius 3 is 2.67 bits per heavy atom. The van der Waals surface area contributed by atoms with Crippen LogP contribution in [0, 0.1) is 5.92 Å². The van der Waals surface area contributed by atoms with Crippen LogP contribution in [0.1, 0.15) is 13.3 Å². The van der Waals surface area contributed by atoms with Gasteiger partial charge in [-0.3, -0.25) is 0 Å². The lowest BCUT2D eigenvalue weighted by Gasteiger charge is -2.35. The van der Waals surface area contributed by atoms with Crippen molar-refractivity contribution in [2.75, 3.05) is 25.5 Å². The smallest absolute Gasteiger partial charge is 0.0342 e. The summed E-state index contributed by atoms with van der Waals surface area (Å²) in [6, 6.07) is 11.1. The first-order chi connectivity index (χ1) is 7.25. The van der Waals surface area contributed by atoms with Gasteiger partial charge in [0.1, 0.15) is 0 Å². The number of likely N-dealkylation sites (tertiary alicyclic amines) is 1. The molecule has 0 unspecified atom stereocenters. The lowest BCUT2D eigenvalue weighted by Crippen LogP contribution is -2.43. The number of anilines is 1. The first-order valence-electron chi connectivity index (χ1n) is 5.76. The van der Waals surface area contributed by atoms with Crippen molar-refractivity contribution in [2.45, 2.75) is 19.4 Å². The van der Waals surface area contributed by atoms with Crippen molar-refractivity contribution in [3.8, 4) is 0 Å². The van der Waals surface area contributed by atoms with Crippen LogP contribution in [0.25, 0.3) is 0 Å². The topological polar surface area (TPSA) is 15.3 Å². The van der Waals surface area contributed by atoms with Gasteiger partial charge in [0.2, 0.25) is 0 Å². The van der Waals surface area contributed by atoms with Crippen LogP contribution in [-0.4, -0.2) is 31.1 Å². The number of benzene rings is 1. The molecule has 1 heterocycles. The minimum Gasteiger partial charge on any atom is -0.382 e. The van der Waals surface area contributed by atoms with Crippen LogP contribution >= 0.6 is 0 Å². The number of para-hydroxylation sites is 1. The minimum absolute atomic E-state index is 0.628. The molecular weight excluding hydrogens is 184 g/mol. The third-order valence-corrected chi connectivity index (χ3v) is 3.23. The zero-order valence-electron chi connectivity index (χ0n) is 9.61. The van der Waals surface area contributed by atoms with E-state index in [-0.39, 0.29) is 0 Å². The zero-order chi connectivity index (χ0) is 10.7. The molecule has 0 spiro atoms. The van der Waals surface area contributed by atoms with Crippen LogP contribution in [0.4, 0.5) is 5.69 Å². The van der Waals surface area contributed by atoms with Gasteiger partial charge < -0.3 is 10.2 Å². The minimum atomic E-state index is 0.628. The highest BCUT2D eigenvalue weighted by Crippen LogP contribution is 2.19. The van der Waals surface area contributed by atoms with Gasteiger partial charge in [-0.15, -0.1) is 0 Å². The maximum absolute atomic E-state index is 3.62. The van der Waals surface area contributed by atoms with Gasteiger partial charge in [0.25, 0.3) is 0 Å². The predicted octanol–water partition coefficient (Wildman–Crippen LogP) is 2.44. The second-order valence-corrected chi connectivity index (χ2v) is 4.65. The number of hydrogen-bond donors (Lipinski definition) is 1. The molecule has 0 aromatic heterocycles. The first-order valence-corrected chi connectivity index (χ1v) is 5.76. The highest BCUT2D eigenvalue weighted by atomic mass is 15.1. The van der Waals surface area contributed by atoms with Crippen LogP contribution in [0.3, 0.4) is 0 Å². The van der Waals surface area contributed by atoms with Crippen LogP contribution in [-0.2, 0) is 0 Å². The fourth-order valence-electron chi connectivity index (χ4n) is 2.32. The lowest BCUT2D eigenvalue weighted by molar-refractivity contribution is 0.206. The molecule has 1 fully saturated rings. The molecular formula is C13H20N2. The van der Waals surface area contributed by atoms with Gasteiger partial charge in [0, 0.05) is 18.3 Å². The Hall–Kier alpha value is -1.02. The van der Waals surface area contributed by atoms with E-state index in [2.05, 4.69) is 54.5 Å². The molecule has 0 aliphatic carbocycles. The van der Waals surface area contributed by atoms with E-state index in [1.165, 1.54) is 25.2 Å². The molecule has 1 aliphatic rings. The van der Waals surface area contributed by atoms with Crippen LogP contribution in [0.2, 0.25) is 0 Å². The maximum atomic E-state index is 3.62. The summed E-state index contributed by atoms with van der Waals surface area (Å²) in [5.74, 6) is 0.726. The Balaban J connectivity index is 1.95. The summed E-state index contributed by atoms with van der Waals surface area (Å²) in [4.78, 5) is 2.41. The van der Waals surface area contributed by atoms with Crippen molar-refractivity contribution in [1.82, 2.24) is 4.90 Å². The molecule has 2 rings (SSSR count). The summed E-state index contributed by atoms with van der Waals surface area (Å²) in [7, 11) is 2.20. The van der Waals surface area contributed by atoms with E-state index in [1.807, 2.05) is 0 Å². The molecule has 1 aromatic rings. The second kappa shape index (κ2) is 4.67. The van der Waals surface area contributed by atoms with Gasteiger partial charge in [-0.05, 0) is 38.1 Å². The van der Waals surface area contributed by atoms with Gasteiger partial charge in [-0.1, -0.05) is 25.1 Å². The molecule has 82 valence electrons. The van der Waals surface area contributed by atoms with Crippen LogP contribution < -0.4 is 5.32 Å².